The Morgan fingerprint density at radius 1 is 1.04 bits per heavy atom. The minimum atomic E-state index is -4.63. The lowest BCUT2D eigenvalue weighted by atomic mass is 9.63. The average Bonchev–Trinajstić information content (AvgIpc) is 3.56. The fourth-order valence-corrected chi connectivity index (χ4v) is 7.75. The van der Waals surface area contributed by atoms with E-state index in [1.54, 1.807) is 20.1 Å². The van der Waals surface area contributed by atoms with Gasteiger partial charge in [-0.2, -0.15) is 28.2 Å². The van der Waals surface area contributed by atoms with Gasteiger partial charge in [0.2, 0.25) is 0 Å². The van der Waals surface area contributed by atoms with Gasteiger partial charge in [-0.1, -0.05) is 19.1 Å². The van der Waals surface area contributed by atoms with Crippen LogP contribution in [-0.2, 0) is 4.74 Å². The van der Waals surface area contributed by atoms with Crippen molar-refractivity contribution in [2.45, 2.75) is 64.1 Å². The van der Waals surface area contributed by atoms with E-state index in [1.165, 1.54) is 31.5 Å². The smallest absolute Gasteiger partial charge is 0.422 e. The zero-order valence-electron chi connectivity index (χ0n) is 28.0. The minimum absolute atomic E-state index is 0.0858. The fraction of sp³-hybridized carbons (Fsp3) is 0.528. The molecule has 1 saturated carbocycles. The Hall–Kier alpha value is -3.97. The van der Waals surface area contributed by atoms with Crippen molar-refractivity contribution in [3.63, 3.8) is 0 Å². The molecule has 2 saturated heterocycles. The number of fused-ring (bicyclic) bond motifs is 2. The van der Waals surface area contributed by atoms with Crippen LogP contribution in [0.5, 0.6) is 11.8 Å². The second-order valence-electron chi connectivity index (χ2n) is 13.7. The number of likely N-dealkylation sites (tertiary alicyclic amines) is 1. The summed E-state index contributed by atoms with van der Waals surface area (Å²) in [6, 6.07) is 3.29. The molecule has 4 heterocycles. The molecule has 0 unspecified atom stereocenters. The topological polar surface area (TPSA) is 88.6 Å². The van der Waals surface area contributed by atoms with E-state index in [4.69, 9.17) is 24.2 Å². The van der Waals surface area contributed by atoms with Crippen LogP contribution in [0.1, 0.15) is 56.1 Å². The molecule has 4 aromatic rings. The van der Waals surface area contributed by atoms with E-state index in [0.717, 1.165) is 58.4 Å². The summed E-state index contributed by atoms with van der Waals surface area (Å²) in [5.74, 6) is -0.00450. The highest BCUT2D eigenvalue weighted by Gasteiger charge is 2.40. The maximum Gasteiger partial charge on any atom is 0.422 e. The molecule has 0 radical (unpaired) electrons. The van der Waals surface area contributed by atoms with Crippen LogP contribution >= 0.6 is 0 Å². The second-order valence-corrected chi connectivity index (χ2v) is 13.7. The van der Waals surface area contributed by atoms with Crippen molar-refractivity contribution in [2.75, 3.05) is 57.9 Å². The summed E-state index contributed by atoms with van der Waals surface area (Å²) in [5, 5.41) is 7.68. The molecule has 0 amide bonds. The molecule has 0 bridgehead atoms. The molecule has 3 aliphatic rings. The van der Waals surface area contributed by atoms with Gasteiger partial charge in [0, 0.05) is 61.7 Å². The van der Waals surface area contributed by atoms with Crippen LogP contribution in [0.2, 0.25) is 0 Å². The molecule has 9 nitrogen and oxygen atoms in total. The van der Waals surface area contributed by atoms with E-state index in [0.29, 0.717) is 50.9 Å². The third kappa shape index (κ3) is 6.66. The third-order valence-corrected chi connectivity index (χ3v) is 10.6. The van der Waals surface area contributed by atoms with E-state index >= 15 is 0 Å². The molecule has 49 heavy (non-hydrogen) atoms. The number of aromatic nitrogens is 4. The first-order valence-electron chi connectivity index (χ1n) is 17.0. The molecular formula is C36H42F4N6O3. The SMILES string of the molecule is C=Cc1cc2c(N3CCC4(CCC4)CC3)nc(OC3CCN(CCOC)CC3)nc2c(OCC(F)(F)F)c1-c1c(C)cc(F)c2[nH]ncc12. The van der Waals surface area contributed by atoms with Gasteiger partial charge in [-0.05, 0) is 74.1 Å². The third-order valence-electron chi connectivity index (χ3n) is 10.6. The molecule has 3 fully saturated rings. The largest absolute Gasteiger partial charge is 0.481 e. The maximum absolute atomic E-state index is 15.0. The fourth-order valence-electron chi connectivity index (χ4n) is 7.75. The second kappa shape index (κ2) is 13.4. The van der Waals surface area contributed by atoms with Gasteiger partial charge in [-0.3, -0.25) is 5.10 Å². The van der Waals surface area contributed by atoms with Crippen LogP contribution in [0.3, 0.4) is 0 Å². The van der Waals surface area contributed by atoms with Gasteiger partial charge >= 0.3 is 12.2 Å². The number of piperidine rings is 2. The van der Waals surface area contributed by atoms with Crippen molar-refractivity contribution in [1.82, 2.24) is 25.1 Å². The molecule has 262 valence electrons. The summed E-state index contributed by atoms with van der Waals surface area (Å²) >= 11 is 0. The number of anilines is 1. The van der Waals surface area contributed by atoms with Gasteiger partial charge in [0.25, 0.3) is 0 Å². The molecule has 1 spiro atoms. The van der Waals surface area contributed by atoms with Gasteiger partial charge in [-0.15, -0.1) is 0 Å². The highest BCUT2D eigenvalue weighted by Crippen LogP contribution is 2.51. The number of methoxy groups -OCH3 is 1. The summed E-state index contributed by atoms with van der Waals surface area (Å²) in [6.45, 7) is 8.82. The Morgan fingerprint density at radius 3 is 2.45 bits per heavy atom. The summed E-state index contributed by atoms with van der Waals surface area (Å²) in [6.07, 6.45) is 5.48. The summed E-state index contributed by atoms with van der Waals surface area (Å²) in [5.41, 5.74) is 2.52. The zero-order valence-corrected chi connectivity index (χ0v) is 28.0. The van der Waals surface area contributed by atoms with E-state index < -0.39 is 18.6 Å². The molecule has 0 atom stereocenters. The van der Waals surface area contributed by atoms with Crippen LogP contribution < -0.4 is 14.4 Å². The summed E-state index contributed by atoms with van der Waals surface area (Å²) in [4.78, 5) is 14.3. The first-order chi connectivity index (χ1) is 23.6. The van der Waals surface area contributed by atoms with E-state index in [-0.39, 0.29) is 28.9 Å². The minimum Gasteiger partial charge on any atom is -0.481 e. The quantitative estimate of drug-likeness (QED) is 0.173. The number of rotatable bonds is 10. The number of aromatic amines is 1. The standard InChI is InChI=1S/C36H42F4N6O3/c1-4-23-19-25-31(32(48-21-36(38,39)40)29(23)28-22(2)18-27(37)30-26(28)20-41-44-30)42-34(49-24-6-12-45(13-7-24)16-17-47-3)43-33(25)46-14-10-35(11-15-46)8-5-9-35/h4,18-20,24H,1,5-17,21H2,2-3H3,(H,41,44). The normalized spacial score (nSPS) is 18.7. The molecule has 1 N–H and O–H groups in total. The maximum atomic E-state index is 15.0. The highest BCUT2D eigenvalue weighted by atomic mass is 19.4. The van der Waals surface area contributed by atoms with E-state index in [9.17, 15) is 17.6 Å². The van der Waals surface area contributed by atoms with Crippen molar-refractivity contribution < 1.29 is 31.8 Å². The van der Waals surface area contributed by atoms with Crippen molar-refractivity contribution >= 4 is 33.7 Å². The molecule has 1 aliphatic carbocycles. The van der Waals surface area contributed by atoms with Crippen LogP contribution in [-0.4, -0.2) is 90.4 Å². The van der Waals surface area contributed by atoms with Crippen LogP contribution in [0, 0.1) is 18.2 Å². The highest BCUT2D eigenvalue weighted by molar-refractivity contribution is 6.07. The summed E-state index contributed by atoms with van der Waals surface area (Å²) in [7, 11) is 1.68. The van der Waals surface area contributed by atoms with Gasteiger partial charge < -0.3 is 24.0 Å². The van der Waals surface area contributed by atoms with E-state index in [2.05, 4.69) is 26.6 Å². The number of benzene rings is 2. The average molecular weight is 683 g/mol. The van der Waals surface area contributed by atoms with Crippen LogP contribution in [0.25, 0.3) is 39.0 Å². The zero-order chi connectivity index (χ0) is 34.3. The number of nitrogens with zero attached hydrogens (tertiary/aromatic N) is 5. The Bertz CT molecular complexity index is 1840. The lowest BCUT2D eigenvalue weighted by molar-refractivity contribution is -0.153. The number of halogens is 4. The number of hydrogen-bond acceptors (Lipinski definition) is 8. The van der Waals surface area contributed by atoms with Gasteiger partial charge in [0.05, 0.1) is 12.8 Å². The Balaban J connectivity index is 1.39. The lowest BCUT2D eigenvalue weighted by Gasteiger charge is -2.48. The van der Waals surface area contributed by atoms with Crippen molar-refractivity contribution in [1.29, 1.82) is 0 Å². The Morgan fingerprint density at radius 2 is 1.80 bits per heavy atom. The van der Waals surface area contributed by atoms with Crippen molar-refractivity contribution in [3.8, 4) is 22.9 Å². The van der Waals surface area contributed by atoms with E-state index in [1.807, 2.05) is 6.07 Å². The summed E-state index contributed by atoms with van der Waals surface area (Å²) < 4.78 is 74.1. The number of ether oxygens (including phenoxy) is 3. The number of nitrogens with one attached hydrogen (secondary N) is 1. The first kappa shape index (κ1) is 33.5. The van der Waals surface area contributed by atoms with Gasteiger partial charge in [0.1, 0.15) is 28.8 Å². The molecular weight excluding hydrogens is 640 g/mol. The lowest BCUT2D eigenvalue weighted by Crippen LogP contribution is -2.44. The first-order valence-corrected chi connectivity index (χ1v) is 17.0. The van der Waals surface area contributed by atoms with Crippen LogP contribution in [0.4, 0.5) is 23.4 Å². The number of hydrogen-bond donors (Lipinski definition) is 1. The predicted octanol–water partition coefficient (Wildman–Crippen LogP) is 7.46. The molecule has 7 rings (SSSR count). The van der Waals surface area contributed by atoms with Crippen molar-refractivity contribution in [3.05, 3.63) is 41.9 Å². The number of alkyl halides is 3. The molecule has 2 aromatic heterocycles. The molecule has 2 aromatic carbocycles. The predicted molar refractivity (Wildman–Crippen MR) is 181 cm³/mol. The molecule has 2 aliphatic heterocycles. The number of aryl methyl sites for hydroxylation is 1. The molecule has 13 heteroatoms. The Kier molecular flexibility index (Phi) is 9.16. The number of H-pyrrole nitrogens is 1. The monoisotopic (exact) mass is 682 g/mol. The van der Waals surface area contributed by atoms with Crippen molar-refractivity contribution in [2.24, 2.45) is 5.41 Å². The van der Waals surface area contributed by atoms with Gasteiger partial charge in [0.15, 0.2) is 12.4 Å². The van der Waals surface area contributed by atoms with Crippen LogP contribution in [0.15, 0.2) is 24.9 Å². The Labute approximate surface area is 282 Å². The van der Waals surface area contributed by atoms with Gasteiger partial charge in [-0.25, -0.2) is 4.39 Å².